The van der Waals surface area contributed by atoms with Gasteiger partial charge in [0.15, 0.2) is 12.4 Å². The molecule has 0 bridgehead atoms. The van der Waals surface area contributed by atoms with Crippen LogP contribution in [-0.2, 0) is 17.9 Å². The van der Waals surface area contributed by atoms with Crippen LogP contribution in [0.15, 0.2) is 18.2 Å². The van der Waals surface area contributed by atoms with Crippen LogP contribution in [0.3, 0.4) is 0 Å². The summed E-state index contributed by atoms with van der Waals surface area (Å²) in [5.41, 5.74) is 6.28. The molecule has 0 spiro atoms. The average Bonchev–Trinajstić information content (AvgIpc) is 2.90. The van der Waals surface area contributed by atoms with E-state index >= 15 is 0 Å². The number of anilines is 1. The zero-order valence-corrected chi connectivity index (χ0v) is 12.4. The number of carbonyl (C=O) groups excluding carboxylic acids is 1. The van der Waals surface area contributed by atoms with Crippen LogP contribution >= 0.6 is 11.6 Å². The maximum atomic E-state index is 12.0. The van der Waals surface area contributed by atoms with Crippen LogP contribution in [0.1, 0.15) is 35.9 Å². The lowest BCUT2D eigenvalue weighted by atomic mass is 10.2. The van der Waals surface area contributed by atoms with Crippen molar-refractivity contribution in [1.82, 2.24) is 20.2 Å². The van der Waals surface area contributed by atoms with Crippen molar-refractivity contribution in [3.8, 4) is 0 Å². The van der Waals surface area contributed by atoms with Gasteiger partial charge in [0.2, 0.25) is 0 Å². The fourth-order valence-electron chi connectivity index (χ4n) is 1.74. The molecular weight excluding hydrogens is 294 g/mol. The second-order valence-corrected chi connectivity index (χ2v) is 4.92. The Balaban J connectivity index is 1.99. The molecule has 1 heterocycles. The topological polar surface area (TPSA) is 95.9 Å². The van der Waals surface area contributed by atoms with Crippen molar-refractivity contribution in [1.29, 1.82) is 0 Å². The number of carbonyl (C=O) groups is 1. The van der Waals surface area contributed by atoms with Crippen molar-refractivity contribution in [2.45, 2.75) is 32.9 Å². The van der Waals surface area contributed by atoms with Gasteiger partial charge in [0.1, 0.15) is 0 Å². The first kappa shape index (κ1) is 15.2. The Bertz CT molecular complexity index is 629. The number of benzene rings is 1. The van der Waals surface area contributed by atoms with Crippen molar-refractivity contribution >= 4 is 23.3 Å². The Morgan fingerprint density at radius 3 is 3.00 bits per heavy atom. The molecule has 0 atom stereocenters. The van der Waals surface area contributed by atoms with E-state index in [1.165, 1.54) is 12.1 Å². The minimum absolute atomic E-state index is 0.00237. The number of hydrogen-bond acceptors (Lipinski definition) is 6. The summed E-state index contributed by atoms with van der Waals surface area (Å²) in [7, 11) is 0. The smallest absolute Gasteiger partial charge is 0.340 e. The Kier molecular flexibility index (Phi) is 5.10. The first-order chi connectivity index (χ1) is 10.1. The third-order valence-electron chi connectivity index (χ3n) is 2.90. The third kappa shape index (κ3) is 3.91. The van der Waals surface area contributed by atoms with Crippen molar-refractivity contribution < 1.29 is 9.53 Å². The largest absolute Gasteiger partial charge is 0.454 e. The summed E-state index contributed by atoms with van der Waals surface area (Å²) < 4.78 is 6.82. The van der Waals surface area contributed by atoms with E-state index in [0.29, 0.717) is 17.4 Å². The van der Waals surface area contributed by atoms with Gasteiger partial charge in [-0.1, -0.05) is 24.9 Å². The molecule has 2 aromatic rings. The number of nitrogens with zero attached hydrogens (tertiary/aromatic N) is 4. The van der Waals surface area contributed by atoms with Crippen LogP contribution < -0.4 is 5.73 Å². The van der Waals surface area contributed by atoms with Gasteiger partial charge in [0, 0.05) is 17.3 Å². The van der Waals surface area contributed by atoms with E-state index in [9.17, 15) is 4.79 Å². The zero-order chi connectivity index (χ0) is 15.2. The second kappa shape index (κ2) is 7.03. The van der Waals surface area contributed by atoms with Gasteiger partial charge >= 0.3 is 5.97 Å². The normalized spacial score (nSPS) is 10.6. The highest BCUT2D eigenvalue weighted by Gasteiger charge is 2.14. The van der Waals surface area contributed by atoms with Gasteiger partial charge in [-0.2, -0.15) is 0 Å². The molecule has 2 N–H and O–H groups in total. The number of rotatable bonds is 6. The van der Waals surface area contributed by atoms with Crippen molar-refractivity contribution in [2.75, 3.05) is 5.73 Å². The fourth-order valence-corrected chi connectivity index (χ4v) is 1.92. The highest BCUT2D eigenvalue weighted by Crippen LogP contribution is 2.19. The molecule has 0 fully saturated rings. The lowest BCUT2D eigenvalue weighted by molar-refractivity contribution is 0.0457. The minimum Gasteiger partial charge on any atom is -0.454 e. The Morgan fingerprint density at radius 2 is 2.29 bits per heavy atom. The Morgan fingerprint density at radius 1 is 1.48 bits per heavy atom. The molecule has 8 heteroatoms. The van der Waals surface area contributed by atoms with E-state index in [-0.39, 0.29) is 17.9 Å². The number of ether oxygens (including phenoxy) is 1. The maximum Gasteiger partial charge on any atom is 0.340 e. The molecule has 0 aliphatic rings. The van der Waals surface area contributed by atoms with Gasteiger partial charge in [0.05, 0.1) is 5.56 Å². The van der Waals surface area contributed by atoms with Crippen molar-refractivity contribution in [2.24, 2.45) is 0 Å². The molecule has 1 aromatic heterocycles. The summed E-state index contributed by atoms with van der Waals surface area (Å²) in [4.78, 5) is 12.0. The van der Waals surface area contributed by atoms with Crippen LogP contribution in [-0.4, -0.2) is 26.2 Å². The molecule has 1 aromatic carbocycles. The van der Waals surface area contributed by atoms with Gasteiger partial charge < -0.3 is 10.5 Å². The molecule has 0 saturated carbocycles. The van der Waals surface area contributed by atoms with Gasteiger partial charge in [-0.3, -0.25) is 0 Å². The summed E-state index contributed by atoms with van der Waals surface area (Å²) in [6, 6.07) is 4.61. The zero-order valence-electron chi connectivity index (χ0n) is 11.6. The van der Waals surface area contributed by atoms with Crippen LogP contribution in [0.4, 0.5) is 5.69 Å². The Labute approximate surface area is 127 Å². The molecule has 0 aliphatic heterocycles. The number of halogens is 1. The SMILES string of the molecule is CCCCn1nnnc1COC(=O)c1ccc(Cl)cc1N. The van der Waals surface area contributed by atoms with E-state index in [1.54, 1.807) is 10.7 Å². The molecule has 0 amide bonds. The first-order valence-corrected chi connectivity index (χ1v) is 6.96. The van der Waals surface area contributed by atoms with E-state index in [2.05, 4.69) is 22.4 Å². The van der Waals surface area contributed by atoms with Crippen LogP contribution in [0, 0.1) is 0 Å². The van der Waals surface area contributed by atoms with Gasteiger partial charge in [-0.05, 0) is 35.0 Å². The number of esters is 1. The lowest BCUT2D eigenvalue weighted by Crippen LogP contribution is -2.12. The monoisotopic (exact) mass is 309 g/mol. The van der Waals surface area contributed by atoms with Gasteiger partial charge in [-0.25, -0.2) is 9.48 Å². The highest BCUT2D eigenvalue weighted by molar-refractivity contribution is 6.31. The van der Waals surface area contributed by atoms with E-state index in [0.717, 1.165) is 12.8 Å². The lowest BCUT2D eigenvalue weighted by Gasteiger charge is -2.07. The predicted molar refractivity (Wildman–Crippen MR) is 77.7 cm³/mol. The molecule has 7 nitrogen and oxygen atoms in total. The minimum atomic E-state index is -0.533. The number of unbranched alkanes of at least 4 members (excludes halogenated alkanes) is 1. The summed E-state index contributed by atoms with van der Waals surface area (Å²) in [5, 5.41) is 11.7. The van der Waals surface area contributed by atoms with Crippen LogP contribution in [0.5, 0.6) is 0 Å². The summed E-state index contributed by atoms with van der Waals surface area (Å²) >= 11 is 5.79. The Hall–Kier alpha value is -2.15. The molecule has 0 saturated heterocycles. The molecule has 0 aliphatic carbocycles. The molecule has 0 radical (unpaired) electrons. The van der Waals surface area contributed by atoms with Crippen molar-refractivity contribution in [3.05, 3.63) is 34.6 Å². The summed E-state index contributed by atoms with van der Waals surface area (Å²) in [5.74, 6) is -0.0291. The van der Waals surface area contributed by atoms with E-state index in [1.807, 2.05) is 0 Å². The molecular formula is C13H16ClN5O2. The highest BCUT2D eigenvalue weighted by atomic mass is 35.5. The van der Waals surface area contributed by atoms with Crippen molar-refractivity contribution in [3.63, 3.8) is 0 Å². The van der Waals surface area contributed by atoms with E-state index < -0.39 is 5.97 Å². The number of hydrogen-bond donors (Lipinski definition) is 1. The number of aromatic nitrogens is 4. The number of nitrogen functional groups attached to an aromatic ring is 1. The summed E-state index contributed by atoms with van der Waals surface area (Å²) in [6.07, 6.45) is 1.98. The van der Waals surface area contributed by atoms with E-state index in [4.69, 9.17) is 22.1 Å². The van der Waals surface area contributed by atoms with Crippen LogP contribution in [0.25, 0.3) is 0 Å². The van der Waals surface area contributed by atoms with Gasteiger partial charge in [-0.15, -0.1) is 5.10 Å². The standard InChI is InChI=1S/C13H16ClN5O2/c1-2-3-6-19-12(16-17-18-19)8-21-13(20)10-5-4-9(14)7-11(10)15/h4-5,7H,2-3,6,8,15H2,1H3. The number of tetrazole rings is 1. The fraction of sp³-hybridized carbons (Fsp3) is 0.385. The summed E-state index contributed by atoms with van der Waals surface area (Å²) in [6.45, 7) is 2.77. The number of aryl methyl sites for hydroxylation is 1. The van der Waals surface area contributed by atoms with Crippen LogP contribution in [0.2, 0.25) is 5.02 Å². The molecule has 0 unspecified atom stereocenters. The predicted octanol–water partition coefficient (Wildman–Crippen LogP) is 2.07. The molecule has 112 valence electrons. The molecule has 21 heavy (non-hydrogen) atoms. The maximum absolute atomic E-state index is 12.0. The van der Waals surface area contributed by atoms with Gasteiger partial charge in [0.25, 0.3) is 0 Å². The first-order valence-electron chi connectivity index (χ1n) is 6.59. The average molecular weight is 310 g/mol. The number of nitrogens with two attached hydrogens (primary N) is 1. The third-order valence-corrected chi connectivity index (χ3v) is 3.13. The quantitative estimate of drug-likeness (QED) is 0.648. The second-order valence-electron chi connectivity index (χ2n) is 4.48. The molecule has 2 rings (SSSR count).